The second-order valence-corrected chi connectivity index (χ2v) is 4.24. The van der Waals surface area contributed by atoms with E-state index in [0.29, 0.717) is 0 Å². The van der Waals surface area contributed by atoms with Crippen LogP contribution in [0.25, 0.3) is 10.9 Å². The molecule has 3 nitrogen and oxygen atoms in total. The number of hydrogen-bond acceptors (Lipinski definition) is 2. The second-order valence-electron chi connectivity index (χ2n) is 4.24. The predicted octanol–water partition coefficient (Wildman–Crippen LogP) is 2.00. The Hall–Kier alpha value is -1.48. The zero-order valence-corrected chi connectivity index (χ0v) is 8.59. The first-order valence-corrected chi connectivity index (χ1v) is 5.42. The van der Waals surface area contributed by atoms with Gasteiger partial charge in [-0.15, -0.1) is 0 Å². The molecule has 0 amide bonds. The molecule has 3 rings (SSSR count). The quantitative estimate of drug-likeness (QED) is 0.665. The Kier molecular flexibility index (Phi) is 1.92. The van der Waals surface area contributed by atoms with Crippen LogP contribution in [0.4, 0.5) is 5.69 Å². The number of nitrogens with two attached hydrogens (primary N) is 1. The van der Waals surface area contributed by atoms with Gasteiger partial charge in [0.15, 0.2) is 0 Å². The van der Waals surface area contributed by atoms with E-state index in [2.05, 4.69) is 22.6 Å². The van der Waals surface area contributed by atoms with Gasteiger partial charge in [-0.05, 0) is 30.5 Å². The minimum absolute atomic E-state index is 0.736. The first-order chi connectivity index (χ1) is 7.34. The summed E-state index contributed by atoms with van der Waals surface area (Å²) in [5, 5.41) is 4.67. The molecule has 2 aromatic rings. The molecule has 1 fully saturated rings. The zero-order valence-electron chi connectivity index (χ0n) is 8.59. The van der Waals surface area contributed by atoms with Crippen LogP contribution in [0.1, 0.15) is 18.4 Å². The molecule has 1 aliphatic rings. The summed E-state index contributed by atoms with van der Waals surface area (Å²) in [5.41, 5.74) is 9.24. The van der Waals surface area contributed by atoms with Crippen LogP contribution in [0, 0.1) is 0 Å². The number of anilines is 1. The third-order valence-electron chi connectivity index (χ3n) is 2.98. The number of benzene rings is 1. The van der Waals surface area contributed by atoms with Crippen molar-refractivity contribution < 1.29 is 0 Å². The molecule has 4 N–H and O–H groups in total. The van der Waals surface area contributed by atoms with Crippen molar-refractivity contribution in [2.75, 3.05) is 5.73 Å². The van der Waals surface area contributed by atoms with Gasteiger partial charge in [-0.2, -0.15) is 0 Å². The molecule has 0 saturated heterocycles. The lowest BCUT2D eigenvalue weighted by atomic mass is 10.1. The lowest BCUT2D eigenvalue weighted by molar-refractivity contribution is 0.691. The Morgan fingerprint density at radius 2 is 2.27 bits per heavy atom. The predicted molar refractivity (Wildman–Crippen MR) is 62.6 cm³/mol. The van der Waals surface area contributed by atoms with E-state index in [-0.39, 0.29) is 0 Å². The largest absolute Gasteiger partial charge is 0.398 e. The van der Waals surface area contributed by atoms with Gasteiger partial charge in [0.1, 0.15) is 0 Å². The summed E-state index contributed by atoms with van der Waals surface area (Å²) in [7, 11) is 0. The van der Waals surface area contributed by atoms with Crippen LogP contribution in [0.2, 0.25) is 0 Å². The molecular formula is C12H15N3. The van der Waals surface area contributed by atoms with Crippen molar-refractivity contribution in [1.82, 2.24) is 10.3 Å². The maximum Gasteiger partial charge on any atom is 0.0478 e. The molecular weight excluding hydrogens is 186 g/mol. The molecule has 0 bridgehead atoms. The minimum atomic E-state index is 0.736. The van der Waals surface area contributed by atoms with Gasteiger partial charge in [-0.3, -0.25) is 0 Å². The van der Waals surface area contributed by atoms with Crippen molar-refractivity contribution >= 4 is 16.6 Å². The van der Waals surface area contributed by atoms with Crippen LogP contribution in [0.5, 0.6) is 0 Å². The van der Waals surface area contributed by atoms with Crippen LogP contribution in [-0.2, 0) is 6.54 Å². The highest BCUT2D eigenvalue weighted by atomic mass is 14.9. The minimum Gasteiger partial charge on any atom is -0.398 e. The molecule has 0 aliphatic heterocycles. The summed E-state index contributed by atoms with van der Waals surface area (Å²) in [5.74, 6) is 0. The van der Waals surface area contributed by atoms with Gasteiger partial charge in [0.25, 0.3) is 0 Å². The Balaban J connectivity index is 1.94. The number of nitrogens with one attached hydrogen (secondary N) is 2. The van der Waals surface area contributed by atoms with Crippen LogP contribution >= 0.6 is 0 Å². The molecule has 0 radical (unpaired) electrons. The molecule has 0 atom stereocenters. The number of nitrogen functional groups attached to an aromatic ring is 1. The molecule has 1 aromatic heterocycles. The SMILES string of the molecule is Nc1cccc2[nH]cc(CNC3CC3)c12. The summed E-state index contributed by atoms with van der Waals surface area (Å²) >= 11 is 0. The van der Waals surface area contributed by atoms with Gasteiger partial charge in [0.2, 0.25) is 0 Å². The lowest BCUT2D eigenvalue weighted by Gasteiger charge is -2.02. The van der Waals surface area contributed by atoms with Crippen LogP contribution in [-0.4, -0.2) is 11.0 Å². The van der Waals surface area contributed by atoms with Crippen molar-refractivity contribution in [2.45, 2.75) is 25.4 Å². The number of aromatic amines is 1. The summed E-state index contributed by atoms with van der Waals surface area (Å²) < 4.78 is 0. The number of fused-ring (bicyclic) bond motifs is 1. The summed E-state index contributed by atoms with van der Waals surface area (Å²) in [6, 6.07) is 6.73. The fourth-order valence-electron chi connectivity index (χ4n) is 1.97. The van der Waals surface area contributed by atoms with E-state index in [9.17, 15) is 0 Å². The van der Waals surface area contributed by atoms with Gasteiger partial charge in [-0.25, -0.2) is 0 Å². The summed E-state index contributed by atoms with van der Waals surface area (Å²) in [4.78, 5) is 3.25. The van der Waals surface area contributed by atoms with Crippen molar-refractivity contribution in [3.05, 3.63) is 30.0 Å². The molecule has 1 heterocycles. The number of hydrogen-bond donors (Lipinski definition) is 3. The van der Waals surface area contributed by atoms with Crippen LogP contribution < -0.4 is 11.1 Å². The van der Waals surface area contributed by atoms with Gasteiger partial charge in [0.05, 0.1) is 0 Å². The lowest BCUT2D eigenvalue weighted by Crippen LogP contribution is -2.15. The van der Waals surface area contributed by atoms with Crippen molar-refractivity contribution in [1.29, 1.82) is 0 Å². The molecule has 78 valence electrons. The summed E-state index contributed by atoms with van der Waals surface area (Å²) in [6.45, 7) is 0.916. The molecule has 1 saturated carbocycles. The van der Waals surface area contributed by atoms with E-state index >= 15 is 0 Å². The van der Waals surface area contributed by atoms with Crippen LogP contribution in [0.15, 0.2) is 24.4 Å². The fraction of sp³-hybridized carbons (Fsp3) is 0.333. The van der Waals surface area contributed by atoms with E-state index < -0.39 is 0 Å². The molecule has 0 unspecified atom stereocenters. The van der Waals surface area contributed by atoms with Crippen molar-refractivity contribution in [3.63, 3.8) is 0 Å². The Labute approximate surface area is 88.7 Å². The highest BCUT2D eigenvalue weighted by Crippen LogP contribution is 2.25. The highest BCUT2D eigenvalue weighted by Gasteiger charge is 2.20. The van der Waals surface area contributed by atoms with E-state index in [1.807, 2.05) is 12.1 Å². The maximum atomic E-state index is 5.98. The monoisotopic (exact) mass is 201 g/mol. The van der Waals surface area contributed by atoms with Gasteiger partial charge in [0, 0.05) is 35.4 Å². The standard InChI is InChI=1S/C12H15N3/c13-10-2-1-3-11-12(10)8(7-15-11)6-14-9-4-5-9/h1-3,7,9,14-15H,4-6,13H2. The molecule has 1 aliphatic carbocycles. The number of H-pyrrole nitrogens is 1. The number of aromatic nitrogens is 1. The van der Waals surface area contributed by atoms with E-state index in [4.69, 9.17) is 5.73 Å². The Morgan fingerprint density at radius 1 is 1.40 bits per heavy atom. The fourth-order valence-corrected chi connectivity index (χ4v) is 1.97. The average Bonchev–Trinajstić information content (AvgIpc) is 2.96. The normalized spacial score (nSPS) is 16.0. The maximum absolute atomic E-state index is 5.98. The first kappa shape index (κ1) is 8.80. The topological polar surface area (TPSA) is 53.8 Å². The molecule has 15 heavy (non-hydrogen) atoms. The smallest absolute Gasteiger partial charge is 0.0478 e. The van der Waals surface area contributed by atoms with E-state index in [0.717, 1.165) is 23.8 Å². The van der Waals surface area contributed by atoms with E-state index in [1.165, 1.54) is 23.8 Å². The highest BCUT2D eigenvalue weighted by molar-refractivity contribution is 5.93. The first-order valence-electron chi connectivity index (χ1n) is 5.42. The van der Waals surface area contributed by atoms with Crippen LogP contribution in [0.3, 0.4) is 0 Å². The van der Waals surface area contributed by atoms with E-state index in [1.54, 1.807) is 0 Å². The van der Waals surface area contributed by atoms with Crippen molar-refractivity contribution in [2.24, 2.45) is 0 Å². The third-order valence-corrected chi connectivity index (χ3v) is 2.98. The van der Waals surface area contributed by atoms with Crippen molar-refractivity contribution in [3.8, 4) is 0 Å². The Morgan fingerprint density at radius 3 is 3.07 bits per heavy atom. The summed E-state index contributed by atoms with van der Waals surface area (Å²) in [6.07, 6.45) is 4.69. The molecule has 1 aromatic carbocycles. The average molecular weight is 201 g/mol. The second kappa shape index (κ2) is 3.28. The molecule has 3 heteroatoms. The Bertz CT molecular complexity index is 483. The van der Waals surface area contributed by atoms with Gasteiger partial charge < -0.3 is 16.0 Å². The third kappa shape index (κ3) is 1.59. The zero-order chi connectivity index (χ0) is 10.3. The molecule has 0 spiro atoms. The van der Waals surface area contributed by atoms with Gasteiger partial charge >= 0.3 is 0 Å². The number of rotatable bonds is 3. The van der Waals surface area contributed by atoms with Gasteiger partial charge in [-0.1, -0.05) is 6.07 Å².